The van der Waals surface area contributed by atoms with Crippen LogP contribution in [0.3, 0.4) is 0 Å². The van der Waals surface area contributed by atoms with E-state index in [-0.39, 0.29) is 11.1 Å². The lowest BCUT2D eigenvalue weighted by molar-refractivity contribution is -0.137. The van der Waals surface area contributed by atoms with Crippen molar-refractivity contribution in [3.05, 3.63) is 22.8 Å². The van der Waals surface area contributed by atoms with Gasteiger partial charge in [0, 0.05) is 24.1 Å². The Kier molecular flexibility index (Phi) is 4.06. The zero-order valence-electron chi connectivity index (χ0n) is 9.34. The van der Waals surface area contributed by atoms with Crippen LogP contribution in [0.1, 0.15) is 18.4 Å². The SMILES string of the molecule is FC(F)(F)c1cnc(N2CCCC2CBr)c(Cl)c1. The minimum atomic E-state index is -4.41. The van der Waals surface area contributed by atoms with E-state index in [1.54, 1.807) is 0 Å². The Morgan fingerprint density at radius 3 is 2.78 bits per heavy atom. The van der Waals surface area contributed by atoms with Crippen molar-refractivity contribution < 1.29 is 13.2 Å². The van der Waals surface area contributed by atoms with Gasteiger partial charge in [0.25, 0.3) is 0 Å². The summed E-state index contributed by atoms with van der Waals surface area (Å²) in [5.41, 5.74) is -0.814. The van der Waals surface area contributed by atoms with Crippen LogP contribution in [0.25, 0.3) is 0 Å². The Balaban J connectivity index is 2.30. The highest BCUT2D eigenvalue weighted by Crippen LogP contribution is 2.35. The van der Waals surface area contributed by atoms with E-state index < -0.39 is 11.7 Å². The smallest absolute Gasteiger partial charge is 0.352 e. The molecule has 100 valence electrons. The summed E-state index contributed by atoms with van der Waals surface area (Å²) in [5, 5.41) is 0.809. The quantitative estimate of drug-likeness (QED) is 0.751. The van der Waals surface area contributed by atoms with Gasteiger partial charge in [0.15, 0.2) is 0 Å². The number of hydrogen-bond donors (Lipinski definition) is 0. The average Bonchev–Trinajstić information content (AvgIpc) is 2.75. The first-order chi connectivity index (χ1) is 8.43. The molecule has 18 heavy (non-hydrogen) atoms. The Bertz CT molecular complexity index is 439. The zero-order chi connectivity index (χ0) is 13.3. The van der Waals surface area contributed by atoms with Crippen molar-refractivity contribution >= 4 is 33.3 Å². The van der Waals surface area contributed by atoms with Gasteiger partial charge in [-0.15, -0.1) is 0 Å². The van der Waals surface area contributed by atoms with E-state index in [0.717, 1.165) is 37.0 Å². The van der Waals surface area contributed by atoms with Crippen molar-refractivity contribution in [3.63, 3.8) is 0 Å². The maximum Gasteiger partial charge on any atom is 0.417 e. The van der Waals surface area contributed by atoms with Crippen LogP contribution in [-0.4, -0.2) is 22.9 Å². The Morgan fingerprint density at radius 2 is 2.22 bits per heavy atom. The first-order valence-corrected chi connectivity index (χ1v) is 6.98. The second-order valence-electron chi connectivity index (χ2n) is 4.17. The fourth-order valence-corrected chi connectivity index (χ4v) is 3.02. The average molecular weight is 344 g/mol. The predicted octanol–water partition coefficient (Wildman–Crippen LogP) is 4.12. The van der Waals surface area contributed by atoms with Gasteiger partial charge in [-0.1, -0.05) is 27.5 Å². The molecule has 2 heterocycles. The van der Waals surface area contributed by atoms with Gasteiger partial charge in [0.2, 0.25) is 0 Å². The highest BCUT2D eigenvalue weighted by molar-refractivity contribution is 9.09. The van der Waals surface area contributed by atoms with E-state index in [4.69, 9.17) is 11.6 Å². The largest absolute Gasteiger partial charge is 0.417 e. The molecule has 0 radical (unpaired) electrons. The van der Waals surface area contributed by atoms with E-state index in [1.807, 2.05) is 4.90 Å². The van der Waals surface area contributed by atoms with E-state index in [1.165, 1.54) is 0 Å². The number of hydrogen-bond acceptors (Lipinski definition) is 2. The molecule has 7 heteroatoms. The summed E-state index contributed by atoms with van der Waals surface area (Å²) in [6.45, 7) is 0.772. The van der Waals surface area contributed by atoms with Gasteiger partial charge in [-0.2, -0.15) is 13.2 Å². The normalized spacial score (nSPS) is 20.5. The van der Waals surface area contributed by atoms with Gasteiger partial charge in [0.1, 0.15) is 5.82 Å². The van der Waals surface area contributed by atoms with E-state index in [0.29, 0.717) is 5.82 Å². The number of pyridine rings is 1. The molecule has 2 nitrogen and oxygen atoms in total. The maximum atomic E-state index is 12.5. The Hall–Kier alpha value is -0.490. The molecule has 1 fully saturated rings. The molecule has 1 aromatic rings. The van der Waals surface area contributed by atoms with Crippen molar-refractivity contribution in [3.8, 4) is 0 Å². The minimum absolute atomic E-state index is 0.0534. The number of halogens is 5. The monoisotopic (exact) mass is 342 g/mol. The van der Waals surface area contributed by atoms with Crippen LogP contribution in [0.2, 0.25) is 5.02 Å². The summed E-state index contributed by atoms with van der Waals surface area (Å²) >= 11 is 9.31. The fourth-order valence-electron chi connectivity index (χ4n) is 2.07. The number of alkyl halides is 4. The molecular weight excluding hydrogens is 332 g/mol. The Labute approximate surface area is 116 Å². The topological polar surface area (TPSA) is 16.1 Å². The zero-order valence-corrected chi connectivity index (χ0v) is 11.7. The van der Waals surface area contributed by atoms with Crippen LogP contribution in [0.4, 0.5) is 19.0 Å². The number of anilines is 1. The molecular formula is C11H11BrClF3N2. The third-order valence-corrected chi connectivity index (χ3v) is 4.00. The number of rotatable bonds is 2. The molecule has 1 atom stereocenters. The van der Waals surface area contributed by atoms with Gasteiger partial charge in [-0.3, -0.25) is 0 Å². The van der Waals surface area contributed by atoms with Gasteiger partial charge in [-0.25, -0.2) is 4.98 Å². The summed E-state index contributed by atoms with van der Waals surface area (Å²) in [7, 11) is 0. The van der Waals surface area contributed by atoms with Crippen molar-refractivity contribution in [1.29, 1.82) is 0 Å². The lowest BCUT2D eigenvalue weighted by Crippen LogP contribution is -2.31. The van der Waals surface area contributed by atoms with Gasteiger partial charge in [0.05, 0.1) is 10.6 Å². The molecule has 0 amide bonds. The molecule has 0 spiro atoms. The Morgan fingerprint density at radius 1 is 1.50 bits per heavy atom. The lowest BCUT2D eigenvalue weighted by atomic mass is 10.2. The van der Waals surface area contributed by atoms with E-state index in [9.17, 15) is 13.2 Å². The van der Waals surface area contributed by atoms with E-state index in [2.05, 4.69) is 20.9 Å². The molecule has 0 aliphatic carbocycles. The van der Waals surface area contributed by atoms with Crippen molar-refractivity contribution in [2.24, 2.45) is 0 Å². The van der Waals surface area contributed by atoms with Crippen LogP contribution in [0.15, 0.2) is 12.3 Å². The maximum absolute atomic E-state index is 12.5. The highest BCUT2D eigenvalue weighted by Gasteiger charge is 2.33. The molecule has 1 aromatic heterocycles. The lowest BCUT2D eigenvalue weighted by Gasteiger charge is -2.25. The molecule has 2 rings (SSSR count). The fraction of sp³-hybridized carbons (Fsp3) is 0.545. The first kappa shape index (κ1) is 13.9. The first-order valence-electron chi connectivity index (χ1n) is 5.49. The molecule has 0 N–H and O–H groups in total. The van der Waals surface area contributed by atoms with Crippen LogP contribution >= 0.6 is 27.5 Å². The predicted molar refractivity (Wildman–Crippen MR) is 68.4 cm³/mol. The van der Waals surface area contributed by atoms with Crippen molar-refractivity contribution in [2.75, 3.05) is 16.8 Å². The third kappa shape index (κ3) is 2.74. The molecule has 1 saturated heterocycles. The number of aromatic nitrogens is 1. The van der Waals surface area contributed by atoms with Crippen LogP contribution in [0.5, 0.6) is 0 Å². The van der Waals surface area contributed by atoms with Crippen LogP contribution in [0, 0.1) is 0 Å². The van der Waals surface area contributed by atoms with Crippen LogP contribution < -0.4 is 4.90 Å². The second-order valence-corrected chi connectivity index (χ2v) is 5.23. The summed E-state index contributed by atoms with van der Waals surface area (Å²) in [6, 6.07) is 1.18. The summed E-state index contributed by atoms with van der Waals surface area (Å²) in [4.78, 5) is 5.83. The van der Waals surface area contributed by atoms with E-state index >= 15 is 0 Å². The second kappa shape index (κ2) is 5.25. The van der Waals surface area contributed by atoms with Crippen molar-refractivity contribution in [1.82, 2.24) is 4.98 Å². The molecule has 1 aliphatic heterocycles. The van der Waals surface area contributed by atoms with Crippen molar-refractivity contribution in [2.45, 2.75) is 25.1 Å². The van der Waals surface area contributed by atoms with Gasteiger partial charge < -0.3 is 4.90 Å². The van der Waals surface area contributed by atoms with Gasteiger partial charge >= 0.3 is 6.18 Å². The van der Waals surface area contributed by atoms with Crippen LogP contribution in [-0.2, 0) is 6.18 Å². The minimum Gasteiger partial charge on any atom is -0.352 e. The molecule has 0 saturated carbocycles. The summed E-state index contributed by atoms with van der Waals surface area (Å²) < 4.78 is 37.5. The third-order valence-electron chi connectivity index (χ3n) is 2.98. The standard InChI is InChI=1S/C11H11BrClF3N2/c12-5-8-2-1-3-18(8)10-9(13)4-7(6-17-10)11(14,15)16/h4,6,8H,1-3,5H2. The highest BCUT2D eigenvalue weighted by atomic mass is 79.9. The molecule has 0 aromatic carbocycles. The molecule has 1 unspecified atom stereocenters. The summed E-state index contributed by atoms with van der Waals surface area (Å²) in [6.07, 6.45) is -1.58. The molecule has 1 aliphatic rings. The summed E-state index contributed by atoms with van der Waals surface area (Å²) in [5.74, 6) is 0.437. The number of nitrogens with zero attached hydrogens (tertiary/aromatic N) is 2. The molecule has 0 bridgehead atoms. The van der Waals surface area contributed by atoms with Gasteiger partial charge in [-0.05, 0) is 18.9 Å².